The van der Waals surface area contributed by atoms with E-state index in [0.29, 0.717) is 17.9 Å². The molecule has 0 aliphatic heterocycles. The average molecular weight is 319 g/mol. The van der Waals surface area contributed by atoms with Crippen LogP contribution >= 0.6 is 0 Å². The van der Waals surface area contributed by atoms with Gasteiger partial charge in [0.1, 0.15) is 5.75 Å². The number of nitrogens with zero attached hydrogens (tertiary/aromatic N) is 1. The van der Waals surface area contributed by atoms with Crippen LogP contribution < -0.4 is 4.74 Å². The van der Waals surface area contributed by atoms with E-state index in [9.17, 15) is 8.42 Å². The number of rotatable bonds is 6. The van der Waals surface area contributed by atoms with E-state index in [1.165, 1.54) is 4.31 Å². The molecule has 0 saturated carbocycles. The number of benzene rings is 2. The van der Waals surface area contributed by atoms with Gasteiger partial charge in [0.2, 0.25) is 10.0 Å². The molecular weight excluding hydrogens is 298 g/mol. The summed E-state index contributed by atoms with van der Waals surface area (Å²) in [6.45, 7) is 2.28. The third-order valence-electron chi connectivity index (χ3n) is 3.59. The highest BCUT2D eigenvalue weighted by Gasteiger charge is 2.20. The molecule has 0 aromatic heterocycles. The first-order valence-corrected chi connectivity index (χ1v) is 8.54. The minimum absolute atomic E-state index is 0.329. The highest BCUT2D eigenvalue weighted by molar-refractivity contribution is 7.89. The van der Waals surface area contributed by atoms with Gasteiger partial charge < -0.3 is 4.74 Å². The van der Waals surface area contributed by atoms with E-state index in [0.717, 1.165) is 16.9 Å². The quantitative estimate of drug-likeness (QED) is 0.822. The summed E-state index contributed by atoms with van der Waals surface area (Å²) < 4.78 is 31.8. The number of likely N-dealkylation sites (N-methyl/N-ethyl adjacent to an activating group) is 1. The van der Waals surface area contributed by atoms with Crippen molar-refractivity contribution in [3.63, 3.8) is 0 Å². The average Bonchev–Trinajstić information content (AvgIpc) is 2.52. The number of hydrogen-bond acceptors (Lipinski definition) is 3. The van der Waals surface area contributed by atoms with Crippen LogP contribution in [0.15, 0.2) is 53.4 Å². The first kappa shape index (κ1) is 16.5. The molecule has 0 spiro atoms. The summed E-state index contributed by atoms with van der Waals surface area (Å²) in [5.41, 5.74) is 1.93. The van der Waals surface area contributed by atoms with Crippen LogP contribution in [0.25, 0.3) is 0 Å². The molecule has 2 aromatic carbocycles. The highest BCUT2D eigenvalue weighted by atomic mass is 32.2. The third kappa shape index (κ3) is 3.67. The van der Waals surface area contributed by atoms with Crippen molar-refractivity contribution in [1.82, 2.24) is 4.31 Å². The van der Waals surface area contributed by atoms with Crippen molar-refractivity contribution >= 4 is 10.0 Å². The fourth-order valence-corrected chi connectivity index (χ4v) is 3.54. The van der Waals surface area contributed by atoms with Crippen molar-refractivity contribution < 1.29 is 13.2 Å². The van der Waals surface area contributed by atoms with Crippen LogP contribution in [0.4, 0.5) is 0 Å². The van der Waals surface area contributed by atoms with Crippen LogP contribution in [0.1, 0.15) is 11.1 Å². The Labute approximate surface area is 132 Å². The molecule has 0 fully saturated rings. The minimum atomic E-state index is -3.46. The molecule has 2 rings (SSSR count). The zero-order chi connectivity index (χ0) is 16.2. The number of ether oxygens (including phenoxy) is 1. The third-order valence-corrected chi connectivity index (χ3v) is 5.44. The van der Waals surface area contributed by atoms with Crippen molar-refractivity contribution in [2.45, 2.75) is 18.2 Å². The first-order valence-electron chi connectivity index (χ1n) is 7.10. The van der Waals surface area contributed by atoms with Crippen molar-refractivity contribution in [3.8, 4) is 5.75 Å². The minimum Gasteiger partial charge on any atom is -0.496 e. The molecule has 0 aliphatic carbocycles. The van der Waals surface area contributed by atoms with Crippen molar-refractivity contribution in [3.05, 3.63) is 59.7 Å². The van der Waals surface area contributed by atoms with E-state index >= 15 is 0 Å². The lowest BCUT2D eigenvalue weighted by molar-refractivity contribution is 0.406. The van der Waals surface area contributed by atoms with Crippen molar-refractivity contribution in [1.29, 1.82) is 0 Å². The van der Waals surface area contributed by atoms with Crippen LogP contribution in [-0.4, -0.2) is 33.4 Å². The zero-order valence-corrected chi connectivity index (χ0v) is 13.9. The summed E-state index contributed by atoms with van der Waals surface area (Å²) in [5, 5.41) is 0. The van der Waals surface area contributed by atoms with Gasteiger partial charge in [0, 0.05) is 13.6 Å². The van der Waals surface area contributed by atoms with Gasteiger partial charge in [-0.2, -0.15) is 0 Å². The van der Waals surface area contributed by atoms with Crippen molar-refractivity contribution in [2.24, 2.45) is 0 Å². The molecule has 2 aromatic rings. The standard InChI is InChI=1S/C17H21NO3S/c1-14-7-6-9-16(13-14)22(19,20)18(2)12-11-15-8-4-5-10-17(15)21-3/h4-10,13H,11-12H2,1-3H3. The largest absolute Gasteiger partial charge is 0.496 e. The number of aryl methyl sites for hydroxylation is 1. The Bertz CT molecular complexity index is 741. The Morgan fingerprint density at radius 3 is 2.50 bits per heavy atom. The fourth-order valence-electron chi connectivity index (χ4n) is 2.26. The van der Waals surface area contributed by atoms with Gasteiger partial charge in [-0.15, -0.1) is 0 Å². The molecule has 0 N–H and O–H groups in total. The van der Waals surface area contributed by atoms with E-state index in [1.807, 2.05) is 37.3 Å². The summed E-state index contributed by atoms with van der Waals surface area (Å²) >= 11 is 0. The molecule has 0 heterocycles. The van der Waals surface area contributed by atoms with E-state index in [4.69, 9.17) is 4.74 Å². The smallest absolute Gasteiger partial charge is 0.242 e. The number of methoxy groups -OCH3 is 1. The fraction of sp³-hybridized carbons (Fsp3) is 0.294. The van der Waals surface area contributed by atoms with E-state index < -0.39 is 10.0 Å². The van der Waals surface area contributed by atoms with Gasteiger partial charge in [-0.3, -0.25) is 0 Å². The number of hydrogen-bond donors (Lipinski definition) is 0. The maximum Gasteiger partial charge on any atom is 0.242 e. The van der Waals surface area contributed by atoms with Gasteiger partial charge in [0.25, 0.3) is 0 Å². The second kappa shape index (κ2) is 6.94. The topological polar surface area (TPSA) is 46.6 Å². The second-order valence-electron chi connectivity index (χ2n) is 5.20. The van der Waals surface area contributed by atoms with Gasteiger partial charge in [-0.1, -0.05) is 30.3 Å². The molecule has 0 bridgehead atoms. The lowest BCUT2D eigenvalue weighted by Gasteiger charge is -2.18. The van der Waals surface area contributed by atoms with Gasteiger partial charge >= 0.3 is 0 Å². The summed E-state index contributed by atoms with van der Waals surface area (Å²) in [5.74, 6) is 0.781. The molecule has 0 saturated heterocycles. The van der Waals surface area contributed by atoms with Crippen LogP contribution in [0, 0.1) is 6.92 Å². The second-order valence-corrected chi connectivity index (χ2v) is 7.25. The Balaban J connectivity index is 2.13. The summed E-state index contributed by atoms with van der Waals surface area (Å²) in [7, 11) is -0.237. The van der Waals surface area contributed by atoms with Crippen LogP contribution in [0.3, 0.4) is 0 Å². The molecule has 5 heteroatoms. The van der Waals surface area contributed by atoms with Gasteiger partial charge in [0.15, 0.2) is 0 Å². The Hall–Kier alpha value is -1.85. The van der Waals surface area contributed by atoms with Crippen LogP contribution in [0.5, 0.6) is 5.75 Å². The molecule has 0 radical (unpaired) electrons. The Kier molecular flexibility index (Phi) is 5.21. The molecule has 0 aliphatic rings. The van der Waals surface area contributed by atoms with Crippen molar-refractivity contribution in [2.75, 3.05) is 20.7 Å². The summed E-state index contributed by atoms with van der Waals surface area (Å²) in [6, 6.07) is 14.6. The van der Waals surface area contributed by atoms with Crippen LogP contribution in [-0.2, 0) is 16.4 Å². The predicted octanol–water partition coefficient (Wildman–Crippen LogP) is 2.87. The SMILES string of the molecule is COc1ccccc1CCN(C)S(=O)(=O)c1cccc(C)c1. The predicted molar refractivity (Wildman–Crippen MR) is 87.7 cm³/mol. The maximum atomic E-state index is 12.6. The number of sulfonamides is 1. The van der Waals surface area contributed by atoms with E-state index in [2.05, 4.69) is 0 Å². The molecule has 0 amide bonds. The summed E-state index contributed by atoms with van der Waals surface area (Å²) in [6.07, 6.45) is 0.603. The summed E-state index contributed by atoms with van der Waals surface area (Å²) in [4.78, 5) is 0.329. The molecule has 22 heavy (non-hydrogen) atoms. The van der Waals surface area contributed by atoms with Gasteiger partial charge in [-0.05, 0) is 42.7 Å². The molecule has 0 atom stereocenters. The zero-order valence-electron chi connectivity index (χ0n) is 13.1. The molecule has 0 unspecified atom stereocenters. The lowest BCUT2D eigenvalue weighted by Crippen LogP contribution is -2.29. The van der Waals surface area contributed by atoms with Crippen LogP contribution in [0.2, 0.25) is 0 Å². The van der Waals surface area contributed by atoms with E-state index in [1.54, 1.807) is 32.4 Å². The molecule has 118 valence electrons. The monoisotopic (exact) mass is 319 g/mol. The van der Waals surface area contributed by atoms with E-state index in [-0.39, 0.29) is 0 Å². The van der Waals surface area contributed by atoms with Gasteiger partial charge in [0.05, 0.1) is 12.0 Å². The first-order chi connectivity index (χ1) is 10.4. The normalized spacial score (nSPS) is 11.6. The highest BCUT2D eigenvalue weighted by Crippen LogP contribution is 2.20. The number of para-hydroxylation sites is 1. The molecular formula is C17H21NO3S. The van der Waals surface area contributed by atoms with Gasteiger partial charge in [-0.25, -0.2) is 12.7 Å². The maximum absolute atomic E-state index is 12.6. The Morgan fingerprint density at radius 1 is 1.09 bits per heavy atom. The molecule has 4 nitrogen and oxygen atoms in total. The Morgan fingerprint density at radius 2 is 1.82 bits per heavy atom. The lowest BCUT2D eigenvalue weighted by atomic mass is 10.1.